The first-order chi connectivity index (χ1) is 13.6. The standard InChI is InChI=1S/C21H14N2O5/c24-19-17-8-1-2-9-18(17)20(25)23(19)28-21(26)15-6-3-7-16(11-15)27-13-14-5-4-10-22-12-14/h1-12H,13H2. The number of aromatic nitrogens is 1. The number of pyridine rings is 1. The van der Waals surface area contributed by atoms with Gasteiger partial charge >= 0.3 is 5.97 Å². The normalized spacial score (nSPS) is 12.6. The number of hydrogen-bond donors (Lipinski definition) is 0. The molecule has 3 aromatic rings. The number of ether oxygens (including phenoxy) is 1. The number of imide groups is 1. The van der Waals surface area contributed by atoms with Gasteiger partial charge in [-0.3, -0.25) is 14.6 Å². The van der Waals surface area contributed by atoms with Crippen molar-refractivity contribution in [3.05, 3.63) is 95.3 Å². The van der Waals surface area contributed by atoms with Crippen molar-refractivity contribution in [2.24, 2.45) is 0 Å². The molecular formula is C21H14N2O5. The van der Waals surface area contributed by atoms with E-state index in [1.54, 1.807) is 42.7 Å². The average Bonchev–Trinajstić information content (AvgIpc) is 2.98. The largest absolute Gasteiger partial charge is 0.489 e. The molecule has 28 heavy (non-hydrogen) atoms. The van der Waals surface area contributed by atoms with Gasteiger partial charge in [-0.05, 0) is 36.4 Å². The fraction of sp³-hybridized carbons (Fsp3) is 0.0476. The van der Waals surface area contributed by atoms with Crippen molar-refractivity contribution in [3.8, 4) is 5.75 Å². The highest BCUT2D eigenvalue weighted by atomic mass is 16.7. The Morgan fingerprint density at radius 3 is 2.36 bits per heavy atom. The molecule has 2 heterocycles. The summed E-state index contributed by atoms with van der Waals surface area (Å²) in [4.78, 5) is 46.1. The smallest absolute Gasteiger partial charge is 0.364 e. The van der Waals surface area contributed by atoms with Crippen LogP contribution in [0.1, 0.15) is 36.6 Å². The highest BCUT2D eigenvalue weighted by molar-refractivity contribution is 6.21. The molecule has 0 aliphatic carbocycles. The van der Waals surface area contributed by atoms with E-state index in [9.17, 15) is 14.4 Å². The topological polar surface area (TPSA) is 85.8 Å². The van der Waals surface area contributed by atoms with Crippen LogP contribution < -0.4 is 4.74 Å². The first-order valence-corrected chi connectivity index (χ1v) is 8.45. The van der Waals surface area contributed by atoms with Crippen LogP contribution in [-0.4, -0.2) is 27.8 Å². The van der Waals surface area contributed by atoms with E-state index in [1.807, 2.05) is 6.07 Å². The van der Waals surface area contributed by atoms with Crippen molar-refractivity contribution in [3.63, 3.8) is 0 Å². The van der Waals surface area contributed by atoms with Crippen LogP contribution in [0.15, 0.2) is 73.1 Å². The summed E-state index contributed by atoms with van der Waals surface area (Å²) >= 11 is 0. The van der Waals surface area contributed by atoms with Crippen molar-refractivity contribution in [2.45, 2.75) is 6.61 Å². The van der Waals surface area contributed by atoms with Gasteiger partial charge in [0, 0.05) is 18.0 Å². The fourth-order valence-electron chi connectivity index (χ4n) is 2.75. The van der Waals surface area contributed by atoms with Gasteiger partial charge in [0.1, 0.15) is 12.4 Å². The number of carbonyl (C=O) groups is 3. The molecule has 0 unspecified atom stereocenters. The molecule has 0 spiro atoms. The summed E-state index contributed by atoms with van der Waals surface area (Å²) < 4.78 is 5.65. The molecular weight excluding hydrogens is 360 g/mol. The first-order valence-electron chi connectivity index (χ1n) is 8.45. The molecule has 138 valence electrons. The summed E-state index contributed by atoms with van der Waals surface area (Å²) in [6.07, 6.45) is 3.35. The lowest BCUT2D eigenvalue weighted by Crippen LogP contribution is -2.32. The van der Waals surface area contributed by atoms with E-state index in [4.69, 9.17) is 9.57 Å². The van der Waals surface area contributed by atoms with E-state index in [1.165, 1.54) is 24.3 Å². The Morgan fingerprint density at radius 1 is 0.929 bits per heavy atom. The minimum Gasteiger partial charge on any atom is -0.489 e. The third-order valence-corrected chi connectivity index (χ3v) is 4.13. The summed E-state index contributed by atoms with van der Waals surface area (Å²) in [5.41, 5.74) is 1.43. The van der Waals surface area contributed by atoms with E-state index < -0.39 is 17.8 Å². The van der Waals surface area contributed by atoms with Gasteiger partial charge in [0.2, 0.25) is 0 Å². The zero-order chi connectivity index (χ0) is 19.5. The van der Waals surface area contributed by atoms with Crippen LogP contribution in [0, 0.1) is 0 Å². The summed E-state index contributed by atoms with van der Waals surface area (Å²) in [5, 5.41) is 0.482. The van der Waals surface area contributed by atoms with Gasteiger partial charge in [0.15, 0.2) is 0 Å². The third-order valence-electron chi connectivity index (χ3n) is 4.13. The average molecular weight is 374 g/mol. The maximum Gasteiger partial charge on any atom is 0.364 e. The minimum absolute atomic E-state index is 0.153. The van der Waals surface area contributed by atoms with Crippen molar-refractivity contribution >= 4 is 17.8 Å². The van der Waals surface area contributed by atoms with Crippen molar-refractivity contribution < 1.29 is 24.0 Å². The van der Waals surface area contributed by atoms with Crippen LogP contribution in [0.5, 0.6) is 5.75 Å². The molecule has 7 nitrogen and oxygen atoms in total. The molecule has 0 atom stereocenters. The molecule has 7 heteroatoms. The predicted molar refractivity (Wildman–Crippen MR) is 97.4 cm³/mol. The second-order valence-electron chi connectivity index (χ2n) is 6.01. The summed E-state index contributed by atoms with van der Waals surface area (Å²) in [6, 6.07) is 16.3. The Balaban J connectivity index is 1.46. The summed E-state index contributed by atoms with van der Waals surface area (Å²) in [5.74, 6) is -1.72. The number of hydrogen-bond acceptors (Lipinski definition) is 6. The zero-order valence-corrected chi connectivity index (χ0v) is 14.6. The number of benzene rings is 2. The van der Waals surface area contributed by atoms with E-state index in [-0.39, 0.29) is 23.3 Å². The molecule has 0 N–H and O–H groups in total. The molecule has 2 amide bonds. The van der Waals surface area contributed by atoms with Crippen LogP contribution in [0.3, 0.4) is 0 Å². The Morgan fingerprint density at radius 2 is 1.68 bits per heavy atom. The first kappa shape index (κ1) is 17.4. The van der Waals surface area contributed by atoms with Crippen molar-refractivity contribution in [1.29, 1.82) is 0 Å². The van der Waals surface area contributed by atoms with E-state index in [2.05, 4.69) is 4.98 Å². The number of carbonyl (C=O) groups excluding carboxylic acids is 3. The fourth-order valence-corrected chi connectivity index (χ4v) is 2.75. The Hall–Kier alpha value is -4.00. The van der Waals surface area contributed by atoms with E-state index in [0.717, 1.165) is 5.56 Å². The third kappa shape index (κ3) is 3.33. The lowest BCUT2D eigenvalue weighted by Gasteiger charge is -2.13. The maximum absolute atomic E-state index is 12.4. The van der Waals surface area contributed by atoms with Crippen LogP contribution in [0.2, 0.25) is 0 Å². The molecule has 0 bridgehead atoms. The predicted octanol–water partition coefficient (Wildman–Crippen LogP) is 3.03. The Labute approximate surface area is 160 Å². The molecule has 0 saturated heterocycles. The van der Waals surface area contributed by atoms with E-state index >= 15 is 0 Å². The molecule has 0 radical (unpaired) electrons. The molecule has 4 rings (SSSR count). The second-order valence-corrected chi connectivity index (χ2v) is 6.01. The van der Waals surface area contributed by atoms with Gasteiger partial charge in [-0.1, -0.05) is 29.3 Å². The number of fused-ring (bicyclic) bond motifs is 1. The van der Waals surface area contributed by atoms with Crippen LogP contribution >= 0.6 is 0 Å². The van der Waals surface area contributed by atoms with Gasteiger partial charge < -0.3 is 9.57 Å². The lowest BCUT2D eigenvalue weighted by molar-refractivity contribution is -0.0584. The van der Waals surface area contributed by atoms with Gasteiger partial charge in [-0.2, -0.15) is 0 Å². The van der Waals surface area contributed by atoms with Gasteiger partial charge in [0.25, 0.3) is 11.8 Å². The SMILES string of the molecule is O=C(ON1C(=O)c2ccccc2C1=O)c1cccc(OCc2cccnc2)c1. The summed E-state index contributed by atoms with van der Waals surface area (Å²) in [6.45, 7) is 0.282. The second kappa shape index (κ2) is 7.32. The number of hydroxylamine groups is 2. The number of nitrogens with zero attached hydrogens (tertiary/aromatic N) is 2. The van der Waals surface area contributed by atoms with Crippen molar-refractivity contribution in [2.75, 3.05) is 0 Å². The number of amides is 2. The van der Waals surface area contributed by atoms with Crippen molar-refractivity contribution in [1.82, 2.24) is 10.0 Å². The monoisotopic (exact) mass is 374 g/mol. The highest BCUT2D eigenvalue weighted by Gasteiger charge is 2.38. The maximum atomic E-state index is 12.4. The molecule has 1 aliphatic heterocycles. The zero-order valence-electron chi connectivity index (χ0n) is 14.6. The minimum atomic E-state index is -0.832. The summed E-state index contributed by atoms with van der Waals surface area (Å²) in [7, 11) is 0. The molecule has 1 aliphatic rings. The molecule has 1 aromatic heterocycles. The molecule has 0 fully saturated rings. The van der Waals surface area contributed by atoms with Gasteiger partial charge in [-0.15, -0.1) is 0 Å². The molecule has 2 aromatic carbocycles. The van der Waals surface area contributed by atoms with E-state index in [0.29, 0.717) is 10.8 Å². The van der Waals surface area contributed by atoms with Crippen LogP contribution in [0.25, 0.3) is 0 Å². The lowest BCUT2D eigenvalue weighted by atomic mass is 10.1. The Kier molecular flexibility index (Phi) is 4.55. The highest BCUT2D eigenvalue weighted by Crippen LogP contribution is 2.24. The van der Waals surface area contributed by atoms with Crippen LogP contribution in [-0.2, 0) is 11.4 Å². The molecule has 0 saturated carbocycles. The quantitative estimate of drug-likeness (QED) is 0.638. The van der Waals surface area contributed by atoms with Gasteiger partial charge in [0.05, 0.1) is 16.7 Å². The number of rotatable bonds is 5. The van der Waals surface area contributed by atoms with Crippen LogP contribution in [0.4, 0.5) is 0 Å². The Bertz CT molecular complexity index is 1030. The van der Waals surface area contributed by atoms with Gasteiger partial charge in [-0.25, -0.2) is 4.79 Å².